The van der Waals surface area contributed by atoms with Crippen molar-refractivity contribution in [3.8, 4) is 44.8 Å². The third kappa shape index (κ3) is 4.74. The Morgan fingerprint density at radius 3 is 1.63 bits per heavy atom. The first kappa shape index (κ1) is 30.5. The van der Waals surface area contributed by atoms with Crippen LogP contribution in [-0.2, 0) is 0 Å². The fourth-order valence-electron chi connectivity index (χ4n) is 8.64. The van der Waals surface area contributed by atoms with Crippen LogP contribution in [-0.4, -0.2) is 9.13 Å². The van der Waals surface area contributed by atoms with Gasteiger partial charge in [0.2, 0.25) is 0 Å². The van der Waals surface area contributed by atoms with Crippen molar-refractivity contribution in [2.75, 3.05) is 0 Å². The summed E-state index contributed by atoms with van der Waals surface area (Å²) in [6.07, 6.45) is 0. The van der Waals surface area contributed by atoms with Crippen LogP contribution in [0.1, 0.15) is 0 Å². The lowest BCUT2D eigenvalue weighted by molar-refractivity contribution is 1.18. The molecule has 0 fully saturated rings. The Morgan fingerprint density at radius 2 is 0.796 bits per heavy atom. The average Bonchev–Trinajstić information content (AvgIpc) is 3.76. The minimum Gasteiger partial charge on any atom is -0.309 e. The van der Waals surface area contributed by atoms with Crippen LogP contribution < -0.4 is 0 Å². The molecular weight excluding hydrogens is 653 g/mol. The molecule has 0 aliphatic carbocycles. The maximum absolute atomic E-state index is 2.45. The molecule has 54 heavy (non-hydrogen) atoms. The number of hydrogen-bond donors (Lipinski definition) is 0. The first-order chi connectivity index (χ1) is 26.8. The largest absolute Gasteiger partial charge is 0.309 e. The summed E-state index contributed by atoms with van der Waals surface area (Å²) in [6.45, 7) is 0. The van der Waals surface area contributed by atoms with Crippen molar-refractivity contribution >= 4 is 54.4 Å². The molecule has 0 unspecified atom stereocenters. The van der Waals surface area contributed by atoms with Crippen LogP contribution in [0.25, 0.3) is 99.1 Å². The molecule has 0 aliphatic heterocycles. The van der Waals surface area contributed by atoms with E-state index in [1.54, 1.807) is 0 Å². The Hall–Kier alpha value is -7.16. The van der Waals surface area contributed by atoms with Gasteiger partial charge in [-0.3, -0.25) is 0 Å². The summed E-state index contributed by atoms with van der Waals surface area (Å²) in [6, 6.07) is 75.2. The molecule has 2 aromatic heterocycles. The third-order valence-corrected chi connectivity index (χ3v) is 11.1. The predicted octanol–water partition coefficient (Wildman–Crippen LogP) is 14.0. The number of fused-ring (bicyclic) bond motifs is 7. The van der Waals surface area contributed by atoms with Gasteiger partial charge in [0.25, 0.3) is 0 Å². The molecule has 0 radical (unpaired) electrons. The maximum Gasteiger partial charge on any atom is 0.0547 e. The van der Waals surface area contributed by atoms with Gasteiger partial charge in [-0.1, -0.05) is 158 Å². The lowest BCUT2D eigenvalue weighted by Crippen LogP contribution is -1.97. The van der Waals surface area contributed by atoms with Crippen molar-refractivity contribution in [3.63, 3.8) is 0 Å². The Balaban J connectivity index is 1.06. The van der Waals surface area contributed by atoms with E-state index in [0.29, 0.717) is 0 Å². The molecule has 2 nitrogen and oxygen atoms in total. The van der Waals surface area contributed by atoms with Crippen LogP contribution in [0.4, 0.5) is 0 Å². The van der Waals surface area contributed by atoms with Crippen molar-refractivity contribution < 1.29 is 0 Å². The van der Waals surface area contributed by atoms with E-state index in [4.69, 9.17) is 0 Å². The van der Waals surface area contributed by atoms with Crippen LogP contribution in [0.15, 0.2) is 206 Å². The zero-order valence-electron chi connectivity index (χ0n) is 29.5. The van der Waals surface area contributed by atoms with Gasteiger partial charge in [0, 0.05) is 32.8 Å². The van der Waals surface area contributed by atoms with Crippen LogP contribution in [0, 0.1) is 0 Å². The van der Waals surface area contributed by atoms with Gasteiger partial charge >= 0.3 is 0 Å². The molecular formula is C52H34N2. The number of rotatable bonds is 5. The monoisotopic (exact) mass is 686 g/mol. The van der Waals surface area contributed by atoms with Crippen molar-refractivity contribution in [1.82, 2.24) is 9.13 Å². The van der Waals surface area contributed by atoms with E-state index in [0.717, 1.165) is 5.69 Å². The van der Waals surface area contributed by atoms with E-state index in [-0.39, 0.29) is 0 Å². The minimum atomic E-state index is 1.15. The molecule has 11 aromatic rings. The zero-order chi connectivity index (χ0) is 35.6. The minimum absolute atomic E-state index is 1.15. The quantitative estimate of drug-likeness (QED) is 0.171. The maximum atomic E-state index is 2.45. The van der Waals surface area contributed by atoms with Crippen molar-refractivity contribution in [3.05, 3.63) is 206 Å². The zero-order valence-corrected chi connectivity index (χ0v) is 29.5. The second kappa shape index (κ2) is 12.2. The van der Waals surface area contributed by atoms with Gasteiger partial charge in [0.1, 0.15) is 0 Å². The van der Waals surface area contributed by atoms with Gasteiger partial charge in [-0.15, -0.1) is 0 Å². The first-order valence-corrected chi connectivity index (χ1v) is 18.6. The van der Waals surface area contributed by atoms with Crippen LogP contribution in [0.5, 0.6) is 0 Å². The van der Waals surface area contributed by atoms with Crippen LogP contribution >= 0.6 is 0 Å². The Labute approximate surface area is 313 Å². The molecule has 9 aromatic carbocycles. The molecule has 2 heteroatoms. The second-order valence-electron chi connectivity index (χ2n) is 14.1. The molecule has 0 amide bonds. The number of nitrogens with zero attached hydrogens (tertiary/aromatic N) is 2. The molecule has 2 heterocycles. The molecule has 0 aliphatic rings. The highest BCUT2D eigenvalue weighted by Crippen LogP contribution is 2.40. The Kier molecular flexibility index (Phi) is 6.90. The Morgan fingerprint density at radius 1 is 0.259 bits per heavy atom. The first-order valence-electron chi connectivity index (χ1n) is 18.6. The lowest BCUT2D eigenvalue weighted by atomic mass is 9.98. The van der Waals surface area contributed by atoms with E-state index >= 15 is 0 Å². The predicted molar refractivity (Wildman–Crippen MR) is 229 cm³/mol. The average molecular weight is 687 g/mol. The summed E-state index contributed by atoms with van der Waals surface area (Å²) in [5.41, 5.74) is 14.4. The van der Waals surface area contributed by atoms with Crippen LogP contribution in [0.3, 0.4) is 0 Å². The number of benzene rings is 9. The van der Waals surface area contributed by atoms with Gasteiger partial charge in [0.05, 0.1) is 27.8 Å². The van der Waals surface area contributed by atoms with Gasteiger partial charge in [-0.25, -0.2) is 0 Å². The van der Waals surface area contributed by atoms with E-state index in [9.17, 15) is 0 Å². The van der Waals surface area contributed by atoms with Crippen molar-refractivity contribution in [1.29, 1.82) is 0 Å². The van der Waals surface area contributed by atoms with E-state index in [1.807, 2.05) is 0 Å². The topological polar surface area (TPSA) is 9.86 Å². The highest BCUT2D eigenvalue weighted by molar-refractivity contribution is 6.13. The van der Waals surface area contributed by atoms with Crippen LogP contribution in [0.2, 0.25) is 0 Å². The fourth-order valence-corrected chi connectivity index (χ4v) is 8.64. The summed E-state index contributed by atoms with van der Waals surface area (Å²) in [7, 11) is 0. The summed E-state index contributed by atoms with van der Waals surface area (Å²) < 4.78 is 4.85. The van der Waals surface area contributed by atoms with E-state index in [1.165, 1.54) is 93.5 Å². The van der Waals surface area contributed by atoms with E-state index < -0.39 is 0 Å². The standard InChI is InChI=1S/C52H34N2/c1-2-13-36(14-3-1)43-18-6-9-22-48(43)54-50-24-11-7-19-44(50)46-31-27-39(34-52(46)54)38-28-32-51-47(33-38)45-20-8-10-23-49(45)53(51)40-29-25-37(26-30-40)42-21-12-16-35-15-4-5-17-41(35)42/h1-34H. The molecule has 0 spiro atoms. The van der Waals surface area contributed by atoms with Gasteiger partial charge in [-0.2, -0.15) is 0 Å². The summed E-state index contributed by atoms with van der Waals surface area (Å²) >= 11 is 0. The third-order valence-electron chi connectivity index (χ3n) is 11.1. The normalized spacial score (nSPS) is 11.7. The highest BCUT2D eigenvalue weighted by Gasteiger charge is 2.18. The smallest absolute Gasteiger partial charge is 0.0547 e. The molecule has 0 bridgehead atoms. The summed E-state index contributed by atoms with van der Waals surface area (Å²) in [4.78, 5) is 0. The molecule has 0 saturated heterocycles. The van der Waals surface area contributed by atoms with E-state index in [2.05, 4.69) is 215 Å². The van der Waals surface area contributed by atoms with Gasteiger partial charge in [0.15, 0.2) is 0 Å². The summed E-state index contributed by atoms with van der Waals surface area (Å²) in [5, 5.41) is 7.54. The second-order valence-corrected chi connectivity index (χ2v) is 14.1. The van der Waals surface area contributed by atoms with Crippen molar-refractivity contribution in [2.45, 2.75) is 0 Å². The molecule has 0 saturated carbocycles. The fraction of sp³-hybridized carbons (Fsp3) is 0. The molecule has 252 valence electrons. The summed E-state index contributed by atoms with van der Waals surface area (Å²) in [5.74, 6) is 0. The Bertz CT molecular complexity index is 3190. The molecule has 0 atom stereocenters. The number of para-hydroxylation sites is 3. The van der Waals surface area contributed by atoms with Gasteiger partial charge < -0.3 is 9.13 Å². The number of aromatic nitrogens is 2. The van der Waals surface area contributed by atoms with Crippen molar-refractivity contribution in [2.24, 2.45) is 0 Å². The molecule has 11 rings (SSSR count). The molecule has 0 N–H and O–H groups in total. The SMILES string of the molecule is c1ccc(-c2ccccc2-n2c3ccccc3c3ccc(-c4ccc5c(c4)c4ccccc4n5-c4ccc(-c5cccc6ccccc56)cc4)cc32)cc1. The van der Waals surface area contributed by atoms with Gasteiger partial charge in [-0.05, 0) is 87.1 Å². The number of hydrogen-bond acceptors (Lipinski definition) is 0. The lowest BCUT2D eigenvalue weighted by Gasteiger charge is -2.14. The highest BCUT2D eigenvalue weighted by atomic mass is 15.0.